The Morgan fingerprint density at radius 1 is 1.20 bits per heavy atom. The van der Waals surface area contributed by atoms with E-state index in [0.717, 1.165) is 19.3 Å². The lowest BCUT2D eigenvalue weighted by Gasteiger charge is -2.10. The second-order valence-corrected chi connectivity index (χ2v) is 3.38. The number of hydrogen-bond acceptors (Lipinski definition) is 2. The maximum atomic E-state index is 9.40. The van der Waals surface area contributed by atoms with E-state index in [-0.39, 0.29) is 12.2 Å². The highest BCUT2D eigenvalue weighted by molar-refractivity contribution is 4.84. The van der Waals surface area contributed by atoms with Crippen LogP contribution in [-0.4, -0.2) is 23.4 Å². The van der Waals surface area contributed by atoms with Crippen LogP contribution >= 0.6 is 0 Å². The minimum Gasteiger partial charge on any atom is -0.390 e. The lowest BCUT2D eigenvalue weighted by Crippen LogP contribution is -2.20. The fourth-order valence-corrected chi connectivity index (χ4v) is 1.98. The summed E-state index contributed by atoms with van der Waals surface area (Å²) in [5, 5.41) is 9.40. The molecule has 10 heavy (non-hydrogen) atoms. The molecule has 0 amide bonds. The largest absolute Gasteiger partial charge is 0.390 e. The fraction of sp³-hybridized carbons (Fsp3) is 1.00. The van der Waals surface area contributed by atoms with E-state index in [4.69, 9.17) is 4.74 Å². The summed E-state index contributed by atoms with van der Waals surface area (Å²) in [7, 11) is 0. The van der Waals surface area contributed by atoms with Crippen molar-refractivity contribution in [2.45, 2.75) is 50.4 Å². The molecule has 2 aliphatic heterocycles. The van der Waals surface area contributed by atoms with E-state index in [2.05, 4.69) is 0 Å². The molecule has 58 valence electrons. The first-order valence-electron chi connectivity index (χ1n) is 4.20. The van der Waals surface area contributed by atoms with Gasteiger partial charge in [0.2, 0.25) is 0 Å². The van der Waals surface area contributed by atoms with E-state index in [1.807, 2.05) is 0 Å². The van der Waals surface area contributed by atoms with Crippen molar-refractivity contribution < 1.29 is 9.84 Å². The summed E-state index contributed by atoms with van der Waals surface area (Å²) in [6.07, 6.45) is 6.02. The maximum absolute atomic E-state index is 9.40. The van der Waals surface area contributed by atoms with Crippen molar-refractivity contribution in [3.8, 4) is 0 Å². The molecule has 2 aliphatic rings. The summed E-state index contributed by atoms with van der Waals surface area (Å²) in [5.74, 6) is 0. The van der Waals surface area contributed by atoms with Crippen molar-refractivity contribution in [1.82, 2.24) is 0 Å². The minimum absolute atomic E-state index is 0.162. The number of rotatable bonds is 0. The fourth-order valence-electron chi connectivity index (χ4n) is 1.98. The normalized spacial score (nSPS) is 47.1. The van der Waals surface area contributed by atoms with Crippen LogP contribution in [0.15, 0.2) is 0 Å². The summed E-state index contributed by atoms with van der Waals surface area (Å²) < 4.78 is 5.58. The van der Waals surface area contributed by atoms with E-state index < -0.39 is 0 Å². The monoisotopic (exact) mass is 142 g/mol. The highest BCUT2D eigenvalue weighted by atomic mass is 16.5. The molecule has 0 radical (unpaired) electrons. The van der Waals surface area contributed by atoms with Gasteiger partial charge in [0.25, 0.3) is 0 Å². The van der Waals surface area contributed by atoms with Crippen molar-refractivity contribution in [2.75, 3.05) is 0 Å². The van der Waals surface area contributed by atoms with Crippen molar-refractivity contribution in [2.24, 2.45) is 0 Å². The van der Waals surface area contributed by atoms with Gasteiger partial charge >= 0.3 is 0 Å². The Balaban J connectivity index is 2.03. The Kier molecular flexibility index (Phi) is 1.66. The van der Waals surface area contributed by atoms with E-state index >= 15 is 0 Å². The van der Waals surface area contributed by atoms with Crippen LogP contribution in [0.5, 0.6) is 0 Å². The summed E-state index contributed by atoms with van der Waals surface area (Å²) >= 11 is 0. The highest BCUT2D eigenvalue weighted by Gasteiger charge is 2.34. The molecular formula is C8H14O2. The minimum atomic E-state index is -0.162. The summed E-state index contributed by atoms with van der Waals surface area (Å²) in [4.78, 5) is 0. The SMILES string of the molecule is OC1CC2CCCCC1O2. The van der Waals surface area contributed by atoms with Gasteiger partial charge in [-0.1, -0.05) is 12.8 Å². The predicted octanol–water partition coefficient (Wildman–Crippen LogP) is 1.08. The summed E-state index contributed by atoms with van der Waals surface area (Å²) in [6, 6.07) is 0. The number of fused-ring (bicyclic) bond motifs is 2. The number of ether oxygens (including phenoxy) is 1. The molecule has 0 aromatic rings. The van der Waals surface area contributed by atoms with Crippen molar-refractivity contribution in [3.63, 3.8) is 0 Å². The molecule has 3 unspecified atom stereocenters. The Hall–Kier alpha value is -0.0800. The zero-order valence-corrected chi connectivity index (χ0v) is 6.12. The van der Waals surface area contributed by atoms with Gasteiger partial charge in [-0.25, -0.2) is 0 Å². The third-order valence-corrected chi connectivity index (χ3v) is 2.57. The van der Waals surface area contributed by atoms with Crippen LogP contribution in [0.1, 0.15) is 32.1 Å². The molecule has 1 N–H and O–H groups in total. The Morgan fingerprint density at radius 2 is 2.00 bits per heavy atom. The number of aliphatic hydroxyl groups is 1. The van der Waals surface area contributed by atoms with E-state index in [1.165, 1.54) is 12.8 Å². The topological polar surface area (TPSA) is 29.5 Å². The van der Waals surface area contributed by atoms with Crippen LogP contribution < -0.4 is 0 Å². The van der Waals surface area contributed by atoms with Gasteiger partial charge in [-0.3, -0.25) is 0 Å². The van der Waals surface area contributed by atoms with Gasteiger partial charge < -0.3 is 9.84 Å². The second kappa shape index (κ2) is 2.51. The molecule has 2 bridgehead atoms. The number of hydrogen-bond donors (Lipinski definition) is 1. The van der Waals surface area contributed by atoms with Gasteiger partial charge in [0.15, 0.2) is 0 Å². The van der Waals surface area contributed by atoms with Crippen LogP contribution in [0.4, 0.5) is 0 Å². The Labute approximate surface area is 61.2 Å². The molecule has 3 atom stereocenters. The lowest BCUT2D eigenvalue weighted by atomic mass is 9.99. The smallest absolute Gasteiger partial charge is 0.0838 e. The van der Waals surface area contributed by atoms with Crippen LogP contribution in [0.3, 0.4) is 0 Å². The number of aliphatic hydroxyl groups excluding tert-OH is 1. The predicted molar refractivity (Wildman–Crippen MR) is 37.8 cm³/mol. The zero-order valence-electron chi connectivity index (χ0n) is 6.12. The Morgan fingerprint density at radius 3 is 2.90 bits per heavy atom. The van der Waals surface area contributed by atoms with Crippen molar-refractivity contribution in [3.05, 3.63) is 0 Å². The average Bonchev–Trinajstić information content (AvgIpc) is 2.18. The molecule has 0 aromatic carbocycles. The molecule has 2 rings (SSSR count). The van der Waals surface area contributed by atoms with Crippen molar-refractivity contribution in [1.29, 1.82) is 0 Å². The van der Waals surface area contributed by atoms with Gasteiger partial charge in [-0.05, 0) is 12.8 Å². The van der Waals surface area contributed by atoms with Crippen LogP contribution in [-0.2, 0) is 4.74 Å². The van der Waals surface area contributed by atoms with E-state index in [0.29, 0.717) is 6.10 Å². The standard InChI is InChI=1S/C8H14O2/c9-7-5-6-3-1-2-4-8(7)10-6/h6-9H,1-5H2. The summed E-state index contributed by atoms with van der Waals surface area (Å²) in [6.45, 7) is 0. The molecule has 2 heterocycles. The molecule has 0 aliphatic carbocycles. The first-order valence-corrected chi connectivity index (χ1v) is 4.20. The van der Waals surface area contributed by atoms with Crippen LogP contribution in [0, 0.1) is 0 Å². The summed E-state index contributed by atoms with van der Waals surface area (Å²) in [5.41, 5.74) is 0. The van der Waals surface area contributed by atoms with Gasteiger partial charge in [-0.15, -0.1) is 0 Å². The molecule has 2 nitrogen and oxygen atoms in total. The van der Waals surface area contributed by atoms with Gasteiger partial charge in [0, 0.05) is 6.42 Å². The second-order valence-electron chi connectivity index (χ2n) is 3.38. The van der Waals surface area contributed by atoms with Gasteiger partial charge in [0.1, 0.15) is 0 Å². The quantitative estimate of drug-likeness (QED) is 0.548. The van der Waals surface area contributed by atoms with Gasteiger partial charge in [-0.2, -0.15) is 0 Å². The molecule has 2 heteroatoms. The lowest BCUT2D eigenvalue weighted by molar-refractivity contribution is 0.0136. The molecule has 0 saturated carbocycles. The first-order chi connectivity index (χ1) is 4.86. The third kappa shape index (κ3) is 1.06. The first kappa shape index (κ1) is 6.62. The van der Waals surface area contributed by atoms with Crippen LogP contribution in [0.2, 0.25) is 0 Å². The average molecular weight is 142 g/mol. The van der Waals surface area contributed by atoms with Gasteiger partial charge in [0.05, 0.1) is 18.3 Å². The molecular weight excluding hydrogens is 128 g/mol. The maximum Gasteiger partial charge on any atom is 0.0838 e. The molecule has 0 aromatic heterocycles. The highest BCUT2D eigenvalue weighted by Crippen LogP contribution is 2.30. The van der Waals surface area contributed by atoms with E-state index in [9.17, 15) is 5.11 Å². The molecule has 2 saturated heterocycles. The zero-order chi connectivity index (χ0) is 6.97. The van der Waals surface area contributed by atoms with Crippen LogP contribution in [0.25, 0.3) is 0 Å². The Bertz CT molecular complexity index is 124. The van der Waals surface area contributed by atoms with Crippen molar-refractivity contribution >= 4 is 0 Å². The van der Waals surface area contributed by atoms with E-state index in [1.54, 1.807) is 0 Å². The molecule has 0 spiro atoms. The molecule has 2 fully saturated rings. The third-order valence-electron chi connectivity index (χ3n) is 2.57.